The molecular weight excluding hydrogens is 144 g/mol. The highest BCUT2D eigenvalue weighted by Gasteiger charge is 1.99. The van der Waals surface area contributed by atoms with Gasteiger partial charge in [-0.15, -0.1) is 0 Å². The van der Waals surface area contributed by atoms with Crippen molar-refractivity contribution in [2.24, 2.45) is 0 Å². The van der Waals surface area contributed by atoms with Gasteiger partial charge < -0.3 is 0 Å². The second-order valence-corrected chi connectivity index (χ2v) is 3.39. The van der Waals surface area contributed by atoms with Crippen molar-refractivity contribution in [1.82, 2.24) is 0 Å². The summed E-state index contributed by atoms with van der Waals surface area (Å²) < 4.78 is 0. The van der Waals surface area contributed by atoms with Gasteiger partial charge in [0.25, 0.3) is 0 Å². The molecule has 0 heteroatoms. The van der Waals surface area contributed by atoms with E-state index in [1.165, 1.54) is 22.3 Å². The molecule has 1 radical (unpaired) electrons. The first-order chi connectivity index (χ1) is 5.65. The second-order valence-electron chi connectivity index (χ2n) is 3.39. The summed E-state index contributed by atoms with van der Waals surface area (Å²) in [5.41, 5.74) is 5.57. The van der Waals surface area contributed by atoms with E-state index in [-0.39, 0.29) is 0 Å². The van der Waals surface area contributed by atoms with Crippen molar-refractivity contribution in [1.29, 1.82) is 0 Å². The number of rotatable bonds is 2. The lowest BCUT2D eigenvalue weighted by Crippen LogP contribution is -1.90. The Labute approximate surface area is 75.6 Å². The van der Waals surface area contributed by atoms with Crippen LogP contribution >= 0.6 is 0 Å². The van der Waals surface area contributed by atoms with Crippen LogP contribution in [-0.2, 0) is 0 Å². The third-order valence-corrected chi connectivity index (χ3v) is 2.39. The van der Waals surface area contributed by atoms with Crippen molar-refractivity contribution in [2.75, 3.05) is 0 Å². The summed E-state index contributed by atoms with van der Waals surface area (Å²) >= 11 is 0. The minimum Gasteiger partial charge on any atom is -0.0648 e. The number of hydrogen-bond acceptors (Lipinski definition) is 0. The first-order valence-corrected chi connectivity index (χ1v) is 4.56. The Morgan fingerprint density at radius 2 is 1.58 bits per heavy atom. The monoisotopic (exact) mass is 161 g/mol. The minimum absolute atomic E-state index is 1.11. The van der Waals surface area contributed by atoms with Gasteiger partial charge >= 0.3 is 0 Å². The molecule has 0 aliphatic heterocycles. The fourth-order valence-corrected chi connectivity index (χ4v) is 1.42. The van der Waals surface area contributed by atoms with Crippen molar-refractivity contribution >= 4 is 0 Å². The zero-order valence-corrected chi connectivity index (χ0v) is 8.44. The quantitative estimate of drug-likeness (QED) is 0.622. The molecule has 0 fully saturated rings. The average molecular weight is 161 g/mol. The molecule has 0 N–H and O–H groups in total. The molecule has 0 atom stereocenters. The van der Waals surface area contributed by atoms with E-state index in [4.69, 9.17) is 0 Å². The van der Waals surface area contributed by atoms with E-state index in [1.807, 2.05) is 0 Å². The molecule has 0 bridgehead atoms. The lowest BCUT2D eigenvalue weighted by molar-refractivity contribution is 1.11. The van der Waals surface area contributed by atoms with Gasteiger partial charge in [-0.3, -0.25) is 0 Å². The standard InChI is InChI=1S/C12H17/c1-5-6-12-7-9(2)11(4)10(3)8-12/h6-8H,5H2,1-4H3. The van der Waals surface area contributed by atoms with E-state index >= 15 is 0 Å². The zero-order chi connectivity index (χ0) is 9.14. The maximum absolute atomic E-state index is 2.26. The molecule has 1 aromatic rings. The highest BCUT2D eigenvalue weighted by Crippen LogP contribution is 2.17. The van der Waals surface area contributed by atoms with E-state index in [0.717, 1.165) is 6.42 Å². The second kappa shape index (κ2) is 3.75. The van der Waals surface area contributed by atoms with E-state index < -0.39 is 0 Å². The molecule has 0 aliphatic carbocycles. The molecule has 0 aromatic heterocycles. The Bertz CT molecular complexity index is 248. The third-order valence-electron chi connectivity index (χ3n) is 2.39. The maximum Gasteiger partial charge on any atom is -0.00956 e. The van der Waals surface area contributed by atoms with E-state index in [9.17, 15) is 0 Å². The fraction of sp³-hybridized carbons (Fsp3) is 0.417. The van der Waals surface area contributed by atoms with Crippen LogP contribution in [0.15, 0.2) is 12.1 Å². The van der Waals surface area contributed by atoms with Gasteiger partial charge in [-0.05, 0) is 55.9 Å². The molecule has 1 rings (SSSR count). The molecule has 0 nitrogen and oxygen atoms in total. The highest BCUT2D eigenvalue weighted by atomic mass is 14.0. The van der Waals surface area contributed by atoms with Crippen molar-refractivity contribution in [3.05, 3.63) is 40.8 Å². The van der Waals surface area contributed by atoms with Crippen LogP contribution in [0.5, 0.6) is 0 Å². The lowest BCUT2D eigenvalue weighted by atomic mass is 9.98. The molecule has 0 amide bonds. The Balaban J connectivity index is 3.04. The number of benzene rings is 1. The van der Waals surface area contributed by atoms with Crippen molar-refractivity contribution in [3.8, 4) is 0 Å². The van der Waals surface area contributed by atoms with Gasteiger partial charge in [-0.25, -0.2) is 0 Å². The van der Waals surface area contributed by atoms with Crippen LogP contribution in [0.1, 0.15) is 35.6 Å². The molecule has 1 aromatic carbocycles. The number of hydrogen-bond donors (Lipinski definition) is 0. The van der Waals surface area contributed by atoms with Crippen molar-refractivity contribution in [3.63, 3.8) is 0 Å². The third kappa shape index (κ3) is 1.88. The van der Waals surface area contributed by atoms with Gasteiger partial charge in [0.2, 0.25) is 0 Å². The van der Waals surface area contributed by atoms with Crippen LogP contribution in [0.25, 0.3) is 0 Å². The first-order valence-electron chi connectivity index (χ1n) is 4.56. The molecule has 0 unspecified atom stereocenters. The van der Waals surface area contributed by atoms with Gasteiger partial charge in [-0.2, -0.15) is 0 Å². The van der Waals surface area contributed by atoms with Crippen LogP contribution in [0.3, 0.4) is 0 Å². The van der Waals surface area contributed by atoms with E-state index in [1.54, 1.807) is 0 Å². The Hall–Kier alpha value is -0.780. The summed E-state index contributed by atoms with van der Waals surface area (Å²) in [6.07, 6.45) is 3.38. The molecule has 0 saturated heterocycles. The Kier molecular flexibility index (Phi) is 2.91. The molecule has 0 saturated carbocycles. The van der Waals surface area contributed by atoms with Gasteiger partial charge in [0.15, 0.2) is 0 Å². The minimum atomic E-state index is 1.11. The summed E-state index contributed by atoms with van der Waals surface area (Å²) in [6.45, 7) is 8.70. The normalized spacial score (nSPS) is 10.3. The highest BCUT2D eigenvalue weighted by molar-refractivity contribution is 5.39. The van der Waals surface area contributed by atoms with Crippen LogP contribution in [0, 0.1) is 27.2 Å². The van der Waals surface area contributed by atoms with Crippen LogP contribution < -0.4 is 0 Å². The summed E-state index contributed by atoms with van der Waals surface area (Å²) in [5, 5.41) is 0. The predicted octanol–water partition coefficient (Wildman–Crippen LogP) is 3.57. The molecule has 0 spiro atoms. The van der Waals surface area contributed by atoms with Crippen molar-refractivity contribution < 1.29 is 0 Å². The van der Waals surface area contributed by atoms with E-state index in [2.05, 4.69) is 46.2 Å². The lowest BCUT2D eigenvalue weighted by Gasteiger charge is -2.07. The topological polar surface area (TPSA) is 0 Å². The largest absolute Gasteiger partial charge is 0.0648 e. The summed E-state index contributed by atoms with van der Waals surface area (Å²) in [4.78, 5) is 0. The fourth-order valence-electron chi connectivity index (χ4n) is 1.42. The SMILES string of the molecule is CC[CH]c1cc(C)c(C)c(C)c1. The van der Waals surface area contributed by atoms with Gasteiger partial charge in [0.1, 0.15) is 0 Å². The summed E-state index contributed by atoms with van der Waals surface area (Å²) in [7, 11) is 0. The van der Waals surface area contributed by atoms with Crippen molar-refractivity contribution in [2.45, 2.75) is 34.1 Å². The smallest absolute Gasteiger partial charge is 0.00956 e. The number of aryl methyl sites for hydroxylation is 2. The van der Waals surface area contributed by atoms with Crippen LogP contribution in [0.2, 0.25) is 0 Å². The van der Waals surface area contributed by atoms with Gasteiger partial charge in [-0.1, -0.05) is 19.1 Å². The molecule has 0 heterocycles. The zero-order valence-electron chi connectivity index (χ0n) is 8.44. The van der Waals surface area contributed by atoms with Gasteiger partial charge in [0.05, 0.1) is 0 Å². The Morgan fingerprint density at radius 1 is 1.08 bits per heavy atom. The first kappa shape index (κ1) is 9.31. The molecule has 65 valence electrons. The summed E-state index contributed by atoms with van der Waals surface area (Å²) in [5.74, 6) is 0. The maximum atomic E-state index is 2.26. The average Bonchev–Trinajstić information content (AvgIpc) is 2.01. The van der Waals surface area contributed by atoms with Crippen LogP contribution in [0.4, 0.5) is 0 Å². The molecule has 12 heavy (non-hydrogen) atoms. The molecular formula is C12H17. The predicted molar refractivity (Wildman–Crippen MR) is 54.3 cm³/mol. The van der Waals surface area contributed by atoms with E-state index in [0.29, 0.717) is 0 Å². The van der Waals surface area contributed by atoms with Gasteiger partial charge in [0, 0.05) is 0 Å². The summed E-state index contributed by atoms with van der Waals surface area (Å²) in [6, 6.07) is 4.51. The van der Waals surface area contributed by atoms with Crippen LogP contribution in [-0.4, -0.2) is 0 Å². The Morgan fingerprint density at radius 3 is 2.00 bits per heavy atom. The molecule has 0 aliphatic rings.